The molecular weight excluding hydrogens is 467 g/mol. The molecule has 0 bridgehead atoms. The molecule has 4 nitrogen and oxygen atoms in total. The maximum atomic E-state index is 13.2. The predicted octanol–water partition coefficient (Wildman–Crippen LogP) is 6.19. The van der Waals surface area contributed by atoms with Gasteiger partial charge in [-0.3, -0.25) is 4.79 Å². The number of benzene rings is 3. The molecule has 0 heterocycles. The third-order valence-corrected chi connectivity index (χ3v) is 6.87. The van der Waals surface area contributed by atoms with Gasteiger partial charge in [0.15, 0.2) is 9.84 Å². The highest BCUT2D eigenvalue weighted by atomic mass is 35.5. The van der Waals surface area contributed by atoms with Crippen LogP contribution in [0.2, 0.25) is 15.1 Å². The summed E-state index contributed by atoms with van der Waals surface area (Å²) in [6, 6.07) is 16.3. The van der Waals surface area contributed by atoms with Gasteiger partial charge in [-0.2, -0.15) is 0 Å². The first-order valence-electron chi connectivity index (χ1n) is 8.63. The summed E-state index contributed by atoms with van der Waals surface area (Å²) < 4.78 is 26.4. The Labute approximate surface area is 189 Å². The van der Waals surface area contributed by atoms with Crippen molar-refractivity contribution in [3.05, 3.63) is 103 Å². The van der Waals surface area contributed by atoms with Gasteiger partial charge in [0.1, 0.15) is 10.7 Å². The van der Waals surface area contributed by atoms with Gasteiger partial charge in [-0.1, -0.05) is 53.0 Å². The number of Topliss-reactive ketones (excluding diaryl/α,β-unsaturated/α-hetero) is 1. The van der Waals surface area contributed by atoms with Gasteiger partial charge in [0.25, 0.3) is 0 Å². The average molecular weight is 482 g/mol. The molecule has 8 heteroatoms. The smallest absolute Gasteiger partial charge is 0.204 e. The van der Waals surface area contributed by atoms with Gasteiger partial charge < -0.3 is 5.11 Å². The van der Waals surface area contributed by atoms with Crippen molar-refractivity contribution in [2.45, 2.75) is 5.75 Å². The Bertz CT molecular complexity index is 1220. The summed E-state index contributed by atoms with van der Waals surface area (Å²) in [5, 5.41) is 10.4. The lowest BCUT2D eigenvalue weighted by Gasteiger charge is -2.10. The van der Waals surface area contributed by atoms with E-state index in [0.29, 0.717) is 21.2 Å². The third kappa shape index (κ3) is 5.43. The number of carbonyl (C=O) groups excluding carboxylic acids is 1. The van der Waals surface area contributed by atoms with E-state index >= 15 is 0 Å². The molecule has 0 aliphatic carbocycles. The van der Waals surface area contributed by atoms with Crippen molar-refractivity contribution in [2.24, 2.45) is 0 Å². The number of allylic oxidation sites excluding steroid dienone is 1. The van der Waals surface area contributed by atoms with E-state index in [9.17, 15) is 18.3 Å². The Kier molecular flexibility index (Phi) is 6.88. The molecule has 30 heavy (non-hydrogen) atoms. The molecule has 3 aromatic rings. The van der Waals surface area contributed by atoms with E-state index in [-0.39, 0.29) is 21.2 Å². The molecule has 3 rings (SSSR count). The summed E-state index contributed by atoms with van der Waals surface area (Å²) >= 11 is 17.8. The molecule has 1 N–H and O–H groups in total. The quantitative estimate of drug-likeness (QED) is 0.336. The maximum absolute atomic E-state index is 13.2. The zero-order valence-electron chi connectivity index (χ0n) is 15.3. The van der Waals surface area contributed by atoms with Crippen molar-refractivity contribution in [3.63, 3.8) is 0 Å². The fourth-order valence-corrected chi connectivity index (χ4v) is 4.63. The first-order valence-corrected chi connectivity index (χ1v) is 11.4. The fraction of sp³-hybridized carbons (Fsp3) is 0.0455. The van der Waals surface area contributed by atoms with Gasteiger partial charge in [0.2, 0.25) is 5.78 Å². The largest absolute Gasteiger partial charge is 0.508 e. The molecule has 0 aromatic heterocycles. The minimum Gasteiger partial charge on any atom is -0.508 e. The summed E-state index contributed by atoms with van der Waals surface area (Å²) in [6.07, 6.45) is 1.28. The number of phenolic OH excluding ortho intramolecular Hbond substituents is 1. The third-order valence-electron chi connectivity index (χ3n) is 4.20. The summed E-state index contributed by atoms with van der Waals surface area (Å²) in [6.45, 7) is 0. The molecule has 0 fully saturated rings. The SMILES string of the molecule is O=C(/C(=C/c1ccc(O)cc1)S(=O)(=O)Cc1ccc(Cl)c(Cl)c1)c1ccc(Cl)cc1. The minimum atomic E-state index is -4.06. The van der Waals surface area contributed by atoms with Crippen LogP contribution in [0.3, 0.4) is 0 Å². The predicted molar refractivity (Wildman–Crippen MR) is 121 cm³/mol. The highest BCUT2D eigenvalue weighted by Crippen LogP contribution is 2.27. The van der Waals surface area contributed by atoms with Crippen LogP contribution in [-0.4, -0.2) is 19.3 Å². The van der Waals surface area contributed by atoms with Crippen molar-refractivity contribution in [3.8, 4) is 5.75 Å². The molecule has 3 aromatic carbocycles. The number of sulfone groups is 1. The molecular formula is C22H15Cl3O4S. The van der Waals surface area contributed by atoms with Crippen LogP contribution in [-0.2, 0) is 15.6 Å². The topological polar surface area (TPSA) is 71.4 Å². The molecule has 0 saturated carbocycles. The Morgan fingerprint density at radius 2 is 1.50 bits per heavy atom. The van der Waals surface area contributed by atoms with Crippen molar-refractivity contribution in [2.75, 3.05) is 0 Å². The summed E-state index contributed by atoms with van der Waals surface area (Å²) in [7, 11) is -4.06. The van der Waals surface area contributed by atoms with Crippen molar-refractivity contribution >= 4 is 56.5 Å². The standard InChI is InChI=1S/C22H15Cl3O4S/c23-17-6-4-16(5-7-17)22(27)21(12-14-1-8-18(26)9-2-14)30(28,29)13-15-3-10-19(24)20(25)11-15/h1-12,26H,13H2/b21-12-. The van der Waals surface area contributed by atoms with Crippen LogP contribution in [0.25, 0.3) is 6.08 Å². The zero-order chi connectivity index (χ0) is 21.9. The van der Waals surface area contributed by atoms with Crippen LogP contribution in [0.4, 0.5) is 0 Å². The molecule has 0 unspecified atom stereocenters. The number of carbonyl (C=O) groups is 1. The minimum absolute atomic E-state index is 0.0244. The van der Waals surface area contributed by atoms with E-state index in [2.05, 4.69) is 0 Å². The van der Waals surface area contributed by atoms with Crippen molar-refractivity contribution < 1.29 is 18.3 Å². The lowest BCUT2D eigenvalue weighted by molar-refractivity contribution is 0.104. The van der Waals surface area contributed by atoms with E-state index in [1.54, 1.807) is 0 Å². The van der Waals surface area contributed by atoms with E-state index < -0.39 is 21.4 Å². The molecule has 0 saturated heterocycles. The Morgan fingerprint density at radius 3 is 2.10 bits per heavy atom. The first kappa shape index (κ1) is 22.4. The second kappa shape index (κ2) is 9.23. The van der Waals surface area contributed by atoms with Gasteiger partial charge in [0.05, 0.1) is 15.8 Å². The first-order chi connectivity index (χ1) is 14.2. The van der Waals surface area contributed by atoms with Gasteiger partial charge in [-0.15, -0.1) is 0 Å². The van der Waals surface area contributed by atoms with E-state index in [1.165, 1.54) is 72.8 Å². The van der Waals surface area contributed by atoms with Crippen molar-refractivity contribution in [1.82, 2.24) is 0 Å². The van der Waals surface area contributed by atoms with Crippen LogP contribution < -0.4 is 0 Å². The van der Waals surface area contributed by atoms with Crippen LogP contribution in [0.5, 0.6) is 5.75 Å². The molecule has 0 radical (unpaired) electrons. The van der Waals surface area contributed by atoms with Crippen LogP contribution in [0.15, 0.2) is 71.6 Å². The highest BCUT2D eigenvalue weighted by Gasteiger charge is 2.27. The van der Waals surface area contributed by atoms with Crippen LogP contribution >= 0.6 is 34.8 Å². The molecule has 0 atom stereocenters. The molecule has 0 aliphatic heterocycles. The monoisotopic (exact) mass is 480 g/mol. The number of phenols is 1. The van der Waals surface area contributed by atoms with Crippen molar-refractivity contribution in [1.29, 1.82) is 0 Å². The Hall–Kier alpha value is -2.31. The van der Waals surface area contributed by atoms with Gasteiger partial charge in [-0.05, 0) is 65.7 Å². The summed E-state index contributed by atoms with van der Waals surface area (Å²) in [5.41, 5.74) is 1.02. The second-order valence-corrected chi connectivity index (χ2v) is 9.65. The molecule has 0 aliphatic rings. The average Bonchev–Trinajstić information content (AvgIpc) is 2.70. The van der Waals surface area contributed by atoms with E-state index in [0.717, 1.165) is 0 Å². The lowest BCUT2D eigenvalue weighted by Crippen LogP contribution is -2.16. The Morgan fingerprint density at radius 1 is 0.867 bits per heavy atom. The highest BCUT2D eigenvalue weighted by molar-refractivity contribution is 7.95. The molecule has 0 amide bonds. The Balaban J connectivity index is 2.07. The number of ketones is 1. The normalized spacial score (nSPS) is 12.0. The summed E-state index contributed by atoms with van der Waals surface area (Å²) in [4.78, 5) is 12.7. The van der Waals surface area contributed by atoms with Crippen LogP contribution in [0.1, 0.15) is 21.5 Å². The number of halogens is 3. The number of aromatic hydroxyl groups is 1. The fourth-order valence-electron chi connectivity index (χ4n) is 2.69. The molecule has 154 valence electrons. The number of hydrogen-bond donors (Lipinski definition) is 1. The van der Waals surface area contributed by atoms with Gasteiger partial charge in [0, 0.05) is 10.6 Å². The second-order valence-electron chi connectivity index (χ2n) is 6.44. The van der Waals surface area contributed by atoms with E-state index in [4.69, 9.17) is 34.8 Å². The number of rotatable bonds is 6. The van der Waals surface area contributed by atoms with E-state index in [1.807, 2.05) is 0 Å². The van der Waals surface area contributed by atoms with Gasteiger partial charge in [-0.25, -0.2) is 8.42 Å². The maximum Gasteiger partial charge on any atom is 0.204 e. The van der Waals surface area contributed by atoms with Crippen LogP contribution in [0, 0.1) is 0 Å². The lowest BCUT2D eigenvalue weighted by atomic mass is 10.1. The number of hydrogen-bond acceptors (Lipinski definition) is 4. The zero-order valence-corrected chi connectivity index (χ0v) is 18.4. The molecule has 0 spiro atoms. The van der Waals surface area contributed by atoms with Gasteiger partial charge >= 0.3 is 0 Å². The summed E-state index contributed by atoms with van der Waals surface area (Å²) in [5.74, 6) is -1.08.